The predicted molar refractivity (Wildman–Crippen MR) is 48.7 cm³/mol. The van der Waals surface area contributed by atoms with E-state index in [0.717, 1.165) is 6.20 Å². The lowest BCUT2D eigenvalue weighted by Gasteiger charge is -1.98. The number of fused-ring (bicyclic) bond motifs is 1. The molecule has 3 nitrogen and oxygen atoms in total. The molecule has 0 unspecified atom stereocenters. The molecule has 0 atom stereocenters. The lowest BCUT2D eigenvalue weighted by Crippen LogP contribution is -1.95. The van der Waals surface area contributed by atoms with Crippen LogP contribution in [0.1, 0.15) is 10.4 Å². The van der Waals surface area contributed by atoms with Crippen LogP contribution < -0.4 is 0 Å². The van der Waals surface area contributed by atoms with Crippen LogP contribution in [0, 0.1) is 5.82 Å². The van der Waals surface area contributed by atoms with Crippen molar-refractivity contribution in [2.24, 2.45) is 0 Å². The zero-order chi connectivity index (χ0) is 10.1. The van der Waals surface area contributed by atoms with Gasteiger partial charge in [-0.05, 0) is 18.2 Å². The first kappa shape index (κ1) is 8.62. The maximum Gasteiger partial charge on any atom is 0.335 e. The molecular weight excluding hydrogens is 185 g/mol. The SMILES string of the molecule is O=C(O)c1ccc2cc(F)cnc2c1. The maximum atomic E-state index is 12.7. The van der Waals surface area contributed by atoms with Gasteiger partial charge in [0.15, 0.2) is 0 Å². The Morgan fingerprint density at radius 3 is 2.86 bits per heavy atom. The van der Waals surface area contributed by atoms with Gasteiger partial charge in [0, 0.05) is 5.39 Å². The van der Waals surface area contributed by atoms with Crippen LogP contribution in [0.15, 0.2) is 30.5 Å². The van der Waals surface area contributed by atoms with Crippen LogP contribution in [0.5, 0.6) is 0 Å². The molecule has 14 heavy (non-hydrogen) atoms. The zero-order valence-electron chi connectivity index (χ0n) is 7.07. The van der Waals surface area contributed by atoms with Gasteiger partial charge in [-0.15, -0.1) is 0 Å². The van der Waals surface area contributed by atoms with E-state index in [1.165, 1.54) is 24.3 Å². The minimum absolute atomic E-state index is 0.150. The first-order chi connectivity index (χ1) is 6.66. The molecule has 0 fully saturated rings. The van der Waals surface area contributed by atoms with Crippen molar-refractivity contribution in [3.63, 3.8) is 0 Å². The molecule has 0 saturated heterocycles. The summed E-state index contributed by atoms with van der Waals surface area (Å²) in [5, 5.41) is 9.29. The number of pyridine rings is 1. The third-order valence-corrected chi connectivity index (χ3v) is 1.90. The Kier molecular flexibility index (Phi) is 1.89. The van der Waals surface area contributed by atoms with Crippen molar-refractivity contribution in [2.75, 3.05) is 0 Å². The van der Waals surface area contributed by atoms with Crippen LogP contribution in [-0.2, 0) is 0 Å². The standard InChI is InChI=1S/C10H6FNO2/c11-8-3-6-1-2-7(10(13)14)4-9(6)12-5-8/h1-5H,(H,13,14). The normalized spacial score (nSPS) is 10.4. The summed E-state index contributed by atoms with van der Waals surface area (Å²) in [4.78, 5) is 14.4. The summed E-state index contributed by atoms with van der Waals surface area (Å²) in [7, 11) is 0. The van der Waals surface area contributed by atoms with Crippen molar-refractivity contribution in [3.05, 3.63) is 41.8 Å². The van der Waals surface area contributed by atoms with Crippen molar-refractivity contribution in [3.8, 4) is 0 Å². The molecule has 1 N–H and O–H groups in total. The molecule has 0 spiro atoms. The molecule has 1 aromatic heterocycles. The molecule has 2 rings (SSSR count). The second-order valence-corrected chi connectivity index (χ2v) is 2.87. The van der Waals surface area contributed by atoms with E-state index in [0.29, 0.717) is 10.9 Å². The van der Waals surface area contributed by atoms with Gasteiger partial charge in [0.05, 0.1) is 17.3 Å². The van der Waals surface area contributed by atoms with Crippen LogP contribution in [-0.4, -0.2) is 16.1 Å². The summed E-state index contributed by atoms with van der Waals surface area (Å²) < 4.78 is 12.7. The highest BCUT2D eigenvalue weighted by Crippen LogP contribution is 2.14. The van der Waals surface area contributed by atoms with E-state index in [2.05, 4.69) is 4.98 Å². The fourth-order valence-corrected chi connectivity index (χ4v) is 1.23. The molecule has 4 heteroatoms. The molecule has 70 valence electrons. The van der Waals surface area contributed by atoms with Gasteiger partial charge in [-0.3, -0.25) is 4.98 Å². The van der Waals surface area contributed by atoms with Gasteiger partial charge in [0.1, 0.15) is 5.82 Å². The number of hydrogen-bond acceptors (Lipinski definition) is 2. The topological polar surface area (TPSA) is 50.2 Å². The minimum atomic E-state index is -1.02. The maximum absolute atomic E-state index is 12.7. The van der Waals surface area contributed by atoms with Gasteiger partial charge < -0.3 is 5.11 Å². The molecule has 0 amide bonds. The summed E-state index contributed by atoms with van der Waals surface area (Å²) >= 11 is 0. The smallest absolute Gasteiger partial charge is 0.335 e. The Morgan fingerprint density at radius 1 is 1.36 bits per heavy atom. The average Bonchev–Trinajstić information content (AvgIpc) is 2.16. The number of hydrogen-bond donors (Lipinski definition) is 1. The molecule has 1 aromatic carbocycles. The van der Waals surface area contributed by atoms with Crippen molar-refractivity contribution in [1.29, 1.82) is 0 Å². The number of halogens is 1. The van der Waals surface area contributed by atoms with E-state index < -0.39 is 11.8 Å². The van der Waals surface area contributed by atoms with Crippen molar-refractivity contribution in [1.82, 2.24) is 4.98 Å². The summed E-state index contributed by atoms with van der Waals surface area (Å²) in [6, 6.07) is 5.69. The molecule has 1 heterocycles. The third kappa shape index (κ3) is 1.42. The fourth-order valence-electron chi connectivity index (χ4n) is 1.23. The Morgan fingerprint density at radius 2 is 2.14 bits per heavy atom. The highest BCUT2D eigenvalue weighted by molar-refractivity contribution is 5.92. The second kappa shape index (κ2) is 3.06. The molecule has 0 aliphatic heterocycles. The largest absolute Gasteiger partial charge is 0.478 e. The zero-order valence-corrected chi connectivity index (χ0v) is 7.07. The Bertz CT molecular complexity index is 510. The lowest BCUT2D eigenvalue weighted by molar-refractivity contribution is 0.0697. The van der Waals surface area contributed by atoms with Crippen LogP contribution >= 0.6 is 0 Å². The average molecular weight is 191 g/mol. The monoisotopic (exact) mass is 191 g/mol. The summed E-state index contributed by atoms with van der Waals surface area (Å²) in [6.07, 6.45) is 1.06. The molecule has 0 aliphatic carbocycles. The number of carboxylic acids is 1. The molecule has 0 bridgehead atoms. The van der Waals surface area contributed by atoms with Gasteiger partial charge in [-0.2, -0.15) is 0 Å². The fraction of sp³-hybridized carbons (Fsp3) is 0. The number of benzene rings is 1. The number of aromatic carboxylic acids is 1. The number of nitrogens with zero attached hydrogens (tertiary/aromatic N) is 1. The molecule has 2 aromatic rings. The van der Waals surface area contributed by atoms with Crippen LogP contribution in [0.25, 0.3) is 10.9 Å². The lowest BCUT2D eigenvalue weighted by atomic mass is 10.1. The summed E-state index contributed by atoms with van der Waals surface area (Å²) in [5.41, 5.74) is 0.628. The van der Waals surface area contributed by atoms with E-state index in [-0.39, 0.29) is 5.56 Å². The van der Waals surface area contributed by atoms with Gasteiger partial charge in [0.25, 0.3) is 0 Å². The molecule has 0 radical (unpaired) electrons. The third-order valence-electron chi connectivity index (χ3n) is 1.90. The van der Waals surface area contributed by atoms with E-state index in [1.807, 2.05) is 0 Å². The highest BCUT2D eigenvalue weighted by atomic mass is 19.1. The van der Waals surface area contributed by atoms with Crippen molar-refractivity contribution >= 4 is 16.9 Å². The molecule has 0 saturated carbocycles. The molecule has 0 aliphatic rings. The highest BCUT2D eigenvalue weighted by Gasteiger charge is 2.04. The number of carboxylic acid groups (broad SMARTS) is 1. The van der Waals surface area contributed by atoms with Crippen molar-refractivity contribution in [2.45, 2.75) is 0 Å². The van der Waals surface area contributed by atoms with Crippen LogP contribution in [0.4, 0.5) is 4.39 Å². The first-order valence-corrected chi connectivity index (χ1v) is 3.95. The van der Waals surface area contributed by atoms with Gasteiger partial charge in [0.2, 0.25) is 0 Å². The quantitative estimate of drug-likeness (QED) is 0.750. The van der Waals surface area contributed by atoms with Crippen LogP contribution in [0.2, 0.25) is 0 Å². The minimum Gasteiger partial charge on any atom is -0.478 e. The molecular formula is C10H6FNO2. The van der Waals surface area contributed by atoms with Gasteiger partial charge in [-0.25, -0.2) is 9.18 Å². The van der Waals surface area contributed by atoms with E-state index in [4.69, 9.17) is 5.11 Å². The van der Waals surface area contributed by atoms with E-state index in [1.54, 1.807) is 0 Å². The van der Waals surface area contributed by atoms with Crippen LogP contribution in [0.3, 0.4) is 0 Å². The predicted octanol–water partition coefficient (Wildman–Crippen LogP) is 2.07. The summed E-state index contributed by atoms with van der Waals surface area (Å²) in [5.74, 6) is -1.45. The Hall–Kier alpha value is -1.97. The summed E-state index contributed by atoms with van der Waals surface area (Å²) in [6.45, 7) is 0. The van der Waals surface area contributed by atoms with Gasteiger partial charge in [-0.1, -0.05) is 6.07 Å². The first-order valence-electron chi connectivity index (χ1n) is 3.95. The van der Waals surface area contributed by atoms with E-state index in [9.17, 15) is 9.18 Å². The Labute approximate surface area is 78.8 Å². The van der Waals surface area contributed by atoms with Crippen molar-refractivity contribution < 1.29 is 14.3 Å². The number of aromatic nitrogens is 1. The Balaban J connectivity index is 2.67. The van der Waals surface area contributed by atoms with Gasteiger partial charge >= 0.3 is 5.97 Å². The number of carbonyl (C=O) groups is 1. The second-order valence-electron chi connectivity index (χ2n) is 2.87. The van der Waals surface area contributed by atoms with E-state index >= 15 is 0 Å². The number of rotatable bonds is 1.